The Labute approximate surface area is 97.6 Å². The van der Waals surface area contributed by atoms with Gasteiger partial charge in [-0.3, -0.25) is 4.90 Å². The largest absolute Gasteiger partial charge is 0.311 e. The van der Waals surface area contributed by atoms with Crippen molar-refractivity contribution in [3.8, 4) is 0 Å². The fourth-order valence-corrected chi connectivity index (χ4v) is 2.73. The van der Waals surface area contributed by atoms with Gasteiger partial charge >= 0.3 is 0 Å². The zero-order chi connectivity index (χ0) is 11.0. The van der Waals surface area contributed by atoms with Crippen LogP contribution in [0.5, 0.6) is 0 Å². The predicted molar refractivity (Wildman–Crippen MR) is 66.4 cm³/mol. The SMILES string of the molecule is CC1CN(C2CC2)C(c2ccccc2)CN1. The Morgan fingerprint density at radius 3 is 2.62 bits per heavy atom. The molecule has 1 N–H and O–H groups in total. The van der Waals surface area contributed by atoms with E-state index in [1.54, 1.807) is 0 Å². The Bertz CT molecular complexity index is 345. The van der Waals surface area contributed by atoms with Crippen molar-refractivity contribution in [2.45, 2.75) is 37.9 Å². The predicted octanol–water partition coefficient (Wildman–Crippen LogP) is 2.18. The number of hydrogen-bond acceptors (Lipinski definition) is 2. The normalized spacial score (nSPS) is 31.6. The molecule has 2 aliphatic rings. The Balaban J connectivity index is 1.82. The molecule has 1 saturated heterocycles. The molecule has 2 heteroatoms. The van der Waals surface area contributed by atoms with Crippen LogP contribution in [-0.4, -0.2) is 30.1 Å². The molecule has 86 valence electrons. The molecule has 2 unspecified atom stereocenters. The molecule has 1 saturated carbocycles. The van der Waals surface area contributed by atoms with E-state index in [1.807, 2.05) is 0 Å². The molecule has 2 atom stereocenters. The summed E-state index contributed by atoms with van der Waals surface area (Å²) in [6.07, 6.45) is 2.80. The topological polar surface area (TPSA) is 15.3 Å². The highest BCUT2D eigenvalue weighted by Crippen LogP contribution is 2.35. The van der Waals surface area contributed by atoms with E-state index in [1.165, 1.54) is 24.9 Å². The van der Waals surface area contributed by atoms with Crippen LogP contribution >= 0.6 is 0 Å². The number of hydrogen-bond donors (Lipinski definition) is 1. The van der Waals surface area contributed by atoms with Crippen molar-refractivity contribution >= 4 is 0 Å². The second-order valence-electron chi connectivity index (χ2n) is 5.16. The summed E-state index contributed by atoms with van der Waals surface area (Å²) >= 11 is 0. The third kappa shape index (κ3) is 2.00. The first-order valence-electron chi connectivity index (χ1n) is 6.38. The van der Waals surface area contributed by atoms with Crippen LogP contribution in [0.25, 0.3) is 0 Å². The van der Waals surface area contributed by atoms with Crippen LogP contribution < -0.4 is 5.32 Å². The minimum atomic E-state index is 0.588. The quantitative estimate of drug-likeness (QED) is 0.815. The van der Waals surface area contributed by atoms with E-state index in [-0.39, 0.29) is 0 Å². The Morgan fingerprint density at radius 1 is 1.19 bits per heavy atom. The number of nitrogens with one attached hydrogen (secondary N) is 1. The smallest absolute Gasteiger partial charge is 0.0476 e. The van der Waals surface area contributed by atoms with E-state index in [4.69, 9.17) is 0 Å². The molecule has 0 spiro atoms. The second-order valence-corrected chi connectivity index (χ2v) is 5.16. The van der Waals surface area contributed by atoms with Crippen LogP contribution in [-0.2, 0) is 0 Å². The molecule has 0 amide bonds. The summed E-state index contributed by atoms with van der Waals surface area (Å²) < 4.78 is 0. The molecule has 2 fully saturated rings. The molecule has 0 radical (unpaired) electrons. The van der Waals surface area contributed by atoms with E-state index in [2.05, 4.69) is 47.5 Å². The Hall–Kier alpha value is -0.860. The molecule has 1 aliphatic carbocycles. The molecule has 1 heterocycles. The van der Waals surface area contributed by atoms with Crippen molar-refractivity contribution in [1.29, 1.82) is 0 Å². The molecule has 1 aromatic rings. The summed E-state index contributed by atoms with van der Waals surface area (Å²) in [5.41, 5.74) is 1.47. The maximum absolute atomic E-state index is 3.60. The first-order valence-corrected chi connectivity index (χ1v) is 6.38. The van der Waals surface area contributed by atoms with Crippen LogP contribution in [0.15, 0.2) is 30.3 Å². The highest BCUT2D eigenvalue weighted by Gasteiger charge is 2.37. The van der Waals surface area contributed by atoms with Crippen LogP contribution in [0.3, 0.4) is 0 Å². The second kappa shape index (κ2) is 4.19. The molecule has 1 aliphatic heterocycles. The van der Waals surface area contributed by atoms with Crippen molar-refractivity contribution in [2.24, 2.45) is 0 Å². The van der Waals surface area contributed by atoms with Gasteiger partial charge in [0, 0.05) is 31.2 Å². The fraction of sp³-hybridized carbons (Fsp3) is 0.571. The maximum atomic E-state index is 3.60. The van der Waals surface area contributed by atoms with Crippen molar-refractivity contribution in [3.05, 3.63) is 35.9 Å². The van der Waals surface area contributed by atoms with Crippen molar-refractivity contribution in [1.82, 2.24) is 10.2 Å². The molecule has 0 bridgehead atoms. The lowest BCUT2D eigenvalue weighted by molar-refractivity contribution is 0.127. The van der Waals surface area contributed by atoms with Gasteiger partial charge in [-0.2, -0.15) is 0 Å². The Kier molecular flexibility index (Phi) is 2.70. The van der Waals surface area contributed by atoms with Gasteiger partial charge in [0.25, 0.3) is 0 Å². The van der Waals surface area contributed by atoms with Gasteiger partial charge in [-0.05, 0) is 25.3 Å². The third-order valence-electron chi connectivity index (χ3n) is 3.74. The molecule has 16 heavy (non-hydrogen) atoms. The van der Waals surface area contributed by atoms with Gasteiger partial charge < -0.3 is 5.32 Å². The average Bonchev–Trinajstić information content (AvgIpc) is 3.14. The minimum absolute atomic E-state index is 0.588. The zero-order valence-corrected chi connectivity index (χ0v) is 9.89. The minimum Gasteiger partial charge on any atom is -0.311 e. The van der Waals surface area contributed by atoms with Crippen molar-refractivity contribution < 1.29 is 0 Å². The van der Waals surface area contributed by atoms with Gasteiger partial charge in [-0.1, -0.05) is 30.3 Å². The summed E-state index contributed by atoms with van der Waals surface area (Å²) in [4.78, 5) is 2.70. The number of piperazine rings is 1. The van der Waals surface area contributed by atoms with E-state index >= 15 is 0 Å². The van der Waals surface area contributed by atoms with Crippen molar-refractivity contribution in [3.63, 3.8) is 0 Å². The summed E-state index contributed by atoms with van der Waals surface area (Å²) in [5, 5.41) is 3.60. The van der Waals surface area contributed by atoms with E-state index < -0.39 is 0 Å². The summed E-state index contributed by atoms with van der Waals surface area (Å²) in [5.74, 6) is 0. The van der Waals surface area contributed by atoms with E-state index in [0.717, 1.165) is 12.6 Å². The monoisotopic (exact) mass is 216 g/mol. The van der Waals surface area contributed by atoms with Gasteiger partial charge in [-0.25, -0.2) is 0 Å². The summed E-state index contributed by atoms with van der Waals surface area (Å²) in [6.45, 7) is 4.59. The molecule has 1 aromatic carbocycles. The Morgan fingerprint density at radius 2 is 1.94 bits per heavy atom. The van der Waals surface area contributed by atoms with Gasteiger partial charge in [-0.15, -0.1) is 0 Å². The standard InChI is InChI=1S/C14H20N2/c1-11-10-16(13-7-8-13)14(9-15-11)12-5-3-2-4-6-12/h2-6,11,13-15H,7-10H2,1H3. The summed E-state index contributed by atoms with van der Waals surface area (Å²) in [7, 11) is 0. The third-order valence-corrected chi connectivity index (χ3v) is 3.74. The number of benzene rings is 1. The highest BCUT2D eigenvalue weighted by atomic mass is 15.3. The van der Waals surface area contributed by atoms with E-state index in [0.29, 0.717) is 12.1 Å². The van der Waals surface area contributed by atoms with Gasteiger partial charge in [0.1, 0.15) is 0 Å². The molecule has 0 aromatic heterocycles. The summed E-state index contributed by atoms with van der Waals surface area (Å²) in [6, 6.07) is 13.0. The average molecular weight is 216 g/mol. The first-order chi connectivity index (χ1) is 7.84. The van der Waals surface area contributed by atoms with Crippen LogP contribution in [0.2, 0.25) is 0 Å². The van der Waals surface area contributed by atoms with Gasteiger partial charge in [0.05, 0.1) is 0 Å². The van der Waals surface area contributed by atoms with Gasteiger partial charge in [0.15, 0.2) is 0 Å². The maximum Gasteiger partial charge on any atom is 0.0476 e. The lowest BCUT2D eigenvalue weighted by atomic mass is 10.0. The lowest BCUT2D eigenvalue weighted by Gasteiger charge is -2.40. The first kappa shape index (κ1) is 10.3. The molecular weight excluding hydrogens is 196 g/mol. The van der Waals surface area contributed by atoms with Crippen molar-refractivity contribution in [2.75, 3.05) is 13.1 Å². The number of rotatable bonds is 2. The number of nitrogens with zero attached hydrogens (tertiary/aromatic N) is 1. The van der Waals surface area contributed by atoms with Crippen LogP contribution in [0.1, 0.15) is 31.4 Å². The zero-order valence-electron chi connectivity index (χ0n) is 9.89. The van der Waals surface area contributed by atoms with E-state index in [9.17, 15) is 0 Å². The molecular formula is C14H20N2. The molecule has 2 nitrogen and oxygen atoms in total. The lowest BCUT2D eigenvalue weighted by Crippen LogP contribution is -2.51. The fourth-order valence-electron chi connectivity index (χ4n) is 2.73. The van der Waals surface area contributed by atoms with Crippen LogP contribution in [0, 0.1) is 0 Å². The van der Waals surface area contributed by atoms with Crippen LogP contribution in [0.4, 0.5) is 0 Å². The highest BCUT2D eigenvalue weighted by molar-refractivity contribution is 5.21. The van der Waals surface area contributed by atoms with Gasteiger partial charge in [0.2, 0.25) is 0 Å². The molecule has 3 rings (SSSR count).